The Labute approximate surface area is 259 Å². The fourth-order valence-electron chi connectivity index (χ4n) is 5.86. The van der Waals surface area contributed by atoms with Gasteiger partial charge in [0.05, 0.1) is 17.3 Å². The minimum absolute atomic E-state index is 0.0356. The van der Waals surface area contributed by atoms with Gasteiger partial charge in [-0.1, -0.05) is 54.6 Å². The van der Waals surface area contributed by atoms with Crippen molar-refractivity contribution in [3.63, 3.8) is 0 Å². The third-order valence-corrected chi connectivity index (χ3v) is 8.04. The number of benzene rings is 4. The molecule has 2 aromatic heterocycles. The number of aliphatic hydroxyl groups excluding tert-OH is 1. The van der Waals surface area contributed by atoms with Gasteiger partial charge < -0.3 is 30.2 Å². The van der Waals surface area contributed by atoms with Crippen molar-refractivity contribution >= 4 is 33.6 Å². The van der Waals surface area contributed by atoms with E-state index in [1.807, 2.05) is 42.5 Å². The second-order valence-corrected chi connectivity index (χ2v) is 11.1. The quantitative estimate of drug-likeness (QED) is 0.101. The number of nitrogens with one attached hydrogen (secondary N) is 3. The maximum atomic E-state index is 11.7. The molecule has 6 aromatic rings. The summed E-state index contributed by atoms with van der Waals surface area (Å²) in [5.74, 6) is -0.0356. The van der Waals surface area contributed by atoms with Crippen molar-refractivity contribution in [3.05, 3.63) is 130 Å². The number of anilines is 1. The van der Waals surface area contributed by atoms with Crippen LogP contribution in [-0.2, 0) is 19.5 Å². The first-order valence-corrected chi connectivity index (χ1v) is 14.9. The summed E-state index contributed by atoms with van der Waals surface area (Å²) in [6, 6.07) is 30.3. The number of carbonyl (C=O) groups is 1. The number of pyridine rings is 1. The van der Waals surface area contributed by atoms with Gasteiger partial charge in [-0.25, -0.2) is 4.79 Å². The summed E-state index contributed by atoms with van der Waals surface area (Å²) in [7, 11) is 0. The summed E-state index contributed by atoms with van der Waals surface area (Å²) in [5.41, 5.74) is 6.31. The van der Waals surface area contributed by atoms with Gasteiger partial charge in [0, 0.05) is 48.4 Å². The number of phenols is 1. The van der Waals surface area contributed by atoms with E-state index in [9.17, 15) is 24.9 Å². The first kappa shape index (κ1) is 29.7. The summed E-state index contributed by atoms with van der Waals surface area (Å²) in [6.07, 6.45) is 1.87. The molecule has 9 heteroatoms. The van der Waals surface area contributed by atoms with Crippen molar-refractivity contribution in [1.82, 2.24) is 14.9 Å². The van der Waals surface area contributed by atoms with Crippen molar-refractivity contribution in [3.8, 4) is 16.9 Å². The minimum Gasteiger partial charge on any atom is -0.506 e. The molecule has 6 N–H and O–H groups in total. The molecule has 0 unspecified atom stereocenters. The minimum atomic E-state index is -1.08. The second-order valence-electron chi connectivity index (χ2n) is 11.1. The Morgan fingerprint density at radius 3 is 2.56 bits per heavy atom. The molecule has 0 radical (unpaired) electrons. The Morgan fingerprint density at radius 2 is 1.73 bits per heavy atom. The second kappa shape index (κ2) is 13.1. The molecule has 0 aliphatic carbocycles. The summed E-state index contributed by atoms with van der Waals surface area (Å²) in [4.78, 5) is 25.8. The number of hydrogen-bond acceptors (Lipinski definition) is 5. The van der Waals surface area contributed by atoms with Crippen LogP contribution in [0.5, 0.6) is 5.75 Å². The number of rotatable bonds is 11. The fraction of sp³-hybridized carbons (Fsp3) is 0.167. The Hall–Kier alpha value is -5.38. The number of phenolic OH excluding ortho intramolecular Hbond substituents is 1. The number of amides is 1. The molecule has 0 aliphatic rings. The van der Waals surface area contributed by atoms with Crippen molar-refractivity contribution in [1.29, 1.82) is 0 Å². The molecule has 0 saturated heterocycles. The van der Waals surface area contributed by atoms with Gasteiger partial charge in [0.25, 0.3) is 0 Å². The molecule has 9 nitrogen and oxygen atoms in total. The number of aliphatic hydroxyl groups is 1. The summed E-state index contributed by atoms with van der Waals surface area (Å²) in [5, 5.41) is 37.9. The van der Waals surface area contributed by atoms with Crippen LogP contribution in [-0.4, -0.2) is 37.5 Å². The van der Waals surface area contributed by atoms with E-state index in [1.54, 1.807) is 12.1 Å². The molecule has 6 rings (SSSR count). The Kier molecular flexibility index (Phi) is 8.63. The van der Waals surface area contributed by atoms with Crippen LogP contribution in [0.15, 0.2) is 108 Å². The van der Waals surface area contributed by atoms with Crippen LogP contribution >= 0.6 is 0 Å². The normalized spacial score (nSPS) is 12.0. The lowest BCUT2D eigenvalue weighted by atomic mass is 9.99. The van der Waals surface area contributed by atoms with Crippen molar-refractivity contribution < 1.29 is 20.1 Å². The monoisotopic (exact) mass is 602 g/mol. The van der Waals surface area contributed by atoms with Gasteiger partial charge in [-0.3, -0.25) is 10.1 Å². The predicted molar refractivity (Wildman–Crippen MR) is 177 cm³/mol. The van der Waals surface area contributed by atoms with Gasteiger partial charge >= 0.3 is 6.09 Å². The van der Waals surface area contributed by atoms with Gasteiger partial charge in [0.2, 0.25) is 5.56 Å². The van der Waals surface area contributed by atoms with E-state index in [2.05, 4.69) is 56.7 Å². The highest BCUT2D eigenvalue weighted by atomic mass is 16.4. The number of aromatic hydroxyl groups is 1. The van der Waals surface area contributed by atoms with Crippen LogP contribution in [0.25, 0.3) is 32.9 Å². The number of aromatic nitrogens is 2. The highest BCUT2D eigenvalue weighted by molar-refractivity contribution is 5.91. The van der Waals surface area contributed by atoms with Crippen LogP contribution < -0.4 is 16.2 Å². The van der Waals surface area contributed by atoms with E-state index in [4.69, 9.17) is 0 Å². The van der Waals surface area contributed by atoms with Crippen molar-refractivity contribution in [2.45, 2.75) is 32.0 Å². The first-order chi connectivity index (χ1) is 21.9. The number of carboxylic acid groups (broad SMARTS) is 1. The topological polar surface area (TPSA) is 140 Å². The molecule has 0 bridgehead atoms. The molecule has 228 valence electrons. The van der Waals surface area contributed by atoms with E-state index < -0.39 is 12.2 Å². The van der Waals surface area contributed by atoms with Crippen molar-refractivity contribution in [2.24, 2.45) is 0 Å². The Bertz CT molecular complexity index is 2030. The van der Waals surface area contributed by atoms with E-state index in [0.717, 1.165) is 52.5 Å². The predicted octanol–water partition coefficient (Wildman–Crippen LogP) is 6.40. The van der Waals surface area contributed by atoms with Crippen LogP contribution in [0.4, 0.5) is 10.5 Å². The van der Waals surface area contributed by atoms with Crippen LogP contribution in [0.1, 0.15) is 29.2 Å². The van der Waals surface area contributed by atoms with Gasteiger partial charge in [-0.15, -0.1) is 0 Å². The highest BCUT2D eigenvalue weighted by Gasteiger charge is 2.14. The maximum Gasteiger partial charge on any atom is 0.409 e. The smallest absolute Gasteiger partial charge is 0.409 e. The zero-order valence-electron chi connectivity index (χ0n) is 24.5. The molecule has 1 amide bonds. The fourth-order valence-corrected chi connectivity index (χ4v) is 5.86. The SMILES string of the molecule is O=C(O)Nc1cc(CCCn2ccc3cc(CNC[C@@H](O)c4ccc(O)c5[nH]c(=O)ccc45)ccc32)ccc1-c1ccccc1. The number of H-pyrrole nitrogens is 1. The Morgan fingerprint density at radius 1 is 0.911 bits per heavy atom. The lowest BCUT2D eigenvalue weighted by Gasteiger charge is -2.15. The van der Waals surface area contributed by atoms with Crippen LogP contribution in [0.2, 0.25) is 0 Å². The average Bonchev–Trinajstić information content (AvgIpc) is 3.44. The third-order valence-electron chi connectivity index (χ3n) is 8.04. The molecule has 0 aliphatic heterocycles. The molecule has 0 spiro atoms. The summed E-state index contributed by atoms with van der Waals surface area (Å²) < 4.78 is 2.23. The standard InChI is InChI=1S/C36H34N4O5/c41-32-14-11-28(29-12-15-34(43)39-35(29)32)33(42)22-37-21-24-9-13-31-26(19-24)16-18-40(31)17-4-5-23-8-10-27(25-6-2-1-3-7-25)30(20-23)38-36(44)45/h1-3,6-16,18-20,33,37-38,41-42H,4-5,17,21-22H2,(H,39,43)(H,44,45)/t33-/m1/s1. The van der Waals surface area contributed by atoms with E-state index in [-0.39, 0.29) is 11.3 Å². The van der Waals surface area contributed by atoms with Gasteiger partial charge in [0.15, 0.2) is 0 Å². The lowest BCUT2D eigenvalue weighted by molar-refractivity contribution is 0.176. The molecule has 45 heavy (non-hydrogen) atoms. The van der Waals surface area contributed by atoms with E-state index >= 15 is 0 Å². The molecule has 1 atom stereocenters. The van der Waals surface area contributed by atoms with Gasteiger partial charge in [-0.05, 0) is 76.9 Å². The van der Waals surface area contributed by atoms with Gasteiger partial charge in [0.1, 0.15) is 5.75 Å². The zero-order valence-corrected chi connectivity index (χ0v) is 24.5. The average molecular weight is 603 g/mol. The summed E-state index contributed by atoms with van der Waals surface area (Å²) in [6.45, 7) is 1.69. The van der Waals surface area contributed by atoms with Crippen LogP contribution in [0.3, 0.4) is 0 Å². The molecular weight excluding hydrogens is 568 g/mol. The number of aryl methyl sites for hydroxylation is 2. The van der Waals surface area contributed by atoms with Crippen LogP contribution in [0, 0.1) is 0 Å². The number of hydrogen-bond donors (Lipinski definition) is 6. The highest BCUT2D eigenvalue weighted by Crippen LogP contribution is 2.30. The largest absolute Gasteiger partial charge is 0.506 e. The molecule has 0 fully saturated rings. The zero-order chi connectivity index (χ0) is 31.3. The first-order valence-electron chi connectivity index (χ1n) is 14.9. The third kappa shape index (κ3) is 6.75. The lowest BCUT2D eigenvalue weighted by Crippen LogP contribution is -2.21. The Balaban J connectivity index is 1.06. The van der Waals surface area contributed by atoms with E-state index in [0.29, 0.717) is 35.2 Å². The number of nitrogens with zero attached hydrogens (tertiary/aromatic N) is 1. The van der Waals surface area contributed by atoms with E-state index in [1.165, 1.54) is 12.1 Å². The van der Waals surface area contributed by atoms with Crippen molar-refractivity contribution in [2.75, 3.05) is 11.9 Å². The van der Waals surface area contributed by atoms with Gasteiger partial charge in [-0.2, -0.15) is 0 Å². The number of fused-ring (bicyclic) bond motifs is 2. The summed E-state index contributed by atoms with van der Waals surface area (Å²) >= 11 is 0. The molecule has 0 saturated carbocycles. The molecular formula is C36H34N4O5. The number of aromatic amines is 1. The maximum absolute atomic E-state index is 11.7. The molecule has 4 aromatic carbocycles. The molecule has 2 heterocycles.